The molecule has 0 aromatic heterocycles. The standard InChI is InChI=1S/C20H18O5/c1-25-20-11-15(10-19(24)13-20)5-9-18(23)12-17(22)8-4-14-2-6-16(21)7-3-14/h2-11,13,21,24H,12H2,1H3/b8-4+,9-5+. The molecule has 5 nitrogen and oxygen atoms in total. The Morgan fingerprint density at radius 1 is 0.880 bits per heavy atom. The molecule has 0 spiro atoms. The zero-order valence-corrected chi connectivity index (χ0v) is 13.7. The molecular formula is C20H18O5. The van der Waals surface area contributed by atoms with Crippen LogP contribution < -0.4 is 4.74 Å². The van der Waals surface area contributed by atoms with Crippen LogP contribution in [0.2, 0.25) is 0 Å². The molecule has 0 aliphatic heterocycles. The molecule has 2 rings (SSSR count). The van der Waals surface area contributed by atoms with Gasteiger partial charge in [-0.3, -0.25) is 9.59 Å². The maximum Gasteiger partial charge on any atom is 0.163 e. The van der Waals surface area contributed by atoms with Crippen LogP contribution in [0.4, 0.5) is 0 Å². The molecule has 128 valence electrons. The summed E-state index contributed by atoms with van der Waals surface area (Å²) in [5.74, 6) is -0.0226. The largest absolute Gasteiger partial charge is 0.508 e. The van der Waals surface area contributed by atoms with Crippen LogP contribution in [0.15, 0.2) is 54.6 Å². The van der Waals surface area contributed by atoms with Crippen LogP contribution in [-0.2, 0) is 9.59 Å². The fraction of sp³-hybridized carbons (Fsp3) is 0.100. The minimum Gasteiger partial charge on any atom is -0.508 e. The molecule has 0 saturated carbocycles. The summed E-state index contributed by atoms with van der Waals surface area (Å²) in [7, 11) is 1.48. The molecule has 25 heavy (non-hydrogen) atoms. The van der Waals surface area contributed by atoms with Crippen molar-refractivity contribution in [2.75, 3.05) is 7.11 Å². The summed E-state index contributed by atoms with van der Waals surface area (Å²) in [4.78, 5) is 23.7. The first-order chi connectivity index (χ1) is 12.0. The highest BCUT2D eigenvalue weighted by Crippen LogP contribution is 2.22. The van der Waals surface area contributed by atoms with E-state index < -0.39 is 0 Å². The lowest BCUT2D eigenvalue weighted by Crippen LogP contribution is -2.01. The zero-order chi connectivity index (χ0) is 18.2. The van der Waals surface area contributed by atoms with Gasteiger partial charge in [-0.1, -0.05) is 24.3 Å². The number of aromatic hydroxyl groups is 2. The smallest absolute Gasteiger partial charge is 0.163 e. The van der Waals surface area contributed by atoms with Crippen molar-refractivity contribution in [1.29, 1.82) is 0 Å². The molecule has 2 aromatic rings. The normalized spacial score (nSPS) is 11.1. The maximum atomic E-state index is 11.9. The lowest BCUT2D eigenvalue weighted by molar-refractivity contribution is -0.121. The van der Waals surface area contributed by atoms with Gasteiger partial charge in [0.25, 0.3) is 0 Å². The Labute approximate surface area is 145 Å². The van der Waals surface area contributed by atoms with Crippen molar-refractivity contribution in [3.63, 3.8) is 0 Å². The number of hydrogen-bond acceptors (Lipinski definition) is 5. The average Bonchev–Trinajstić information content (AvgIpc) is 2.59. The molecule has 2 aromatic carbocycles. The second-order valence-electron chi connectivity index (χ2n) is 5.33. The Balaban J connectivity index is 1.94. The Hall–Kier alpha value is -3.34. The third kappa shape index (κ3) is 5.99. The maximum absolute atomic E-state index is 11.9. The van der Waals surface area contributed by atoms with E-state index in [1.807, 2.05) is 0 Å². The summed E-state index contributed by atoms with van der Waals surface area (Å²) in [5.41, 5.74) is 1.35. The number of phenolic OH excluding ortho intramolecular Hbond substituents is 2. The molecule has 2 N–H and O–H groups in total. The molecule has 0 bridgehead atoms. The first-order valence-electron chi connectivity index (χ1n) is 7.55. The van der Waals surface area contributed by atoms with Gasteiger partial charge in [0.15, 0.2) is 11.6 Å². The molecule has 0 saturated heterocycles. The fourth-order valence-electron chi connectivity index (χ4n) is 2.07. The molecule has 0 radical (unpaired) electrons. The highest BCUT2D eigenvalue weighted by atomic mass is 16.5. The number of benzene rings is 2. The molecule has 0 unspecified atom stereocenters. The SMILES string of the molecule is COc1cc(O)cc(/C=C/C(=O)CC(=O)/C=C/c2ccc(O)cc2)c1. The van der Waals surface area contributed by atoms with E-state index >= 15 is 0 Å². The first kappa shape index (κ1) is 18.0. The summed E-state index contributed by atoms with van der Waals surface area (Å²) in [6, 6.07) is 11.0. The predicted octanol–water partition coefficient (Wildman–Crippen LogP) is 3.36. The molecule has 0 amide bonds. The van der Waals surface area contributed by atoms with Crippen LogP contribution in [0.1, 0.15) is 17.5 Å². The van der Waals surface area contributed by atoms with Crippen LogP contribution >= 0.6 is 0 Å². The number of methoxy groups -OCH3 is 1. The summed E-state index contributed by atoms with van der Waals surface area (Å²) < 4.78 is 5.03. The highest BCUT2D eigenvalue weighted by molar-refractivity contribution is 6.10. The third-order valence-electron chi connectivity index (χ3n) is 3.31. The predicted molar refractivity (Wildman–Crippen MR) is 95.5 cm³/mol. The first-order valence-corrected chi connectivity index (χ1v) is 7.55. The van der Waals surface area contributed by atoms with E-state index in [9.17, 15) is 19.8 Å². The van der Waals surface area contributed by atoms with Crippen LogP contribution in [0.5, 0.6) is 17.2 Å². The van der Waals surface area contributed by atoms with Gasteiger partial charge in [0, 0.05) is 6.07 Å². The van der Waals surface area contributed by atoms with E-state index in [1.165, 1.54) is 49.6 Å². The average molecular weight is 338 g/mol. The lowest BCUT2D eigenvalue weighted by Gasteiger charge is -2.02. The van der Waals surface area contributed by atoms with E-state index in [2.05, 4.69) is 0 Å². The van der Waals surface area contributed by atoms with E-state index in [0.717, 1.165) is 5.56 Å². The topological polar surface area (TPSA) is 83.8 Å². The molecule has 0 aliphatic carbocycles. The quantitative estimate of drug-likeness (QED) is 0.597. The van der Waals surface area contributed by atoms with Gasteiger partial charge in [0.2, 0.25) is 0 Å². The Morgan fingerprint density at radius 3 is 2.08 bits per heavy atom. The molecular weight excluding hydrogens is 320 g/mol. The summed E-state index contributed by atoms with van der Waals surface area (Å²) in [6.07, 6.45) is 5.47. The number of hydrogen-bond donors (Lipinski definition) is 2. The fourth-order valence-corrected chi connectivity index (χ4v) is 2.07. The van der Waals surface area contributed by atoms with Crippen LogP contribution in [0.25, 0.3) is 12.2 Å². The van der Waals surface area contributed by atoms with Crippen LogP contribution in [-0.4, -0.2) is 28.9 Å². The van der Waals surface area contributed by atoms with Crippen molar-refractivity contribution >= 4 is 23.7 Å². The summed E-state index contributed by atoms with van der Waals surface area (Å²) >= 11 is 0. The number of ether oxygens (including phenoxy) is 1. The van der Waals surface area contributed by atoms with Gasteiger partial charge < -0.3 is 14.9 Å². The molecule has 0 aliphatic rings. The molecule has 0 atom stereocenters. The van der Waals surface area contributed by atoms with Gasteiger partial charge in [-0.15, -0.1) is 0 Å². The molecule has 0 heterocycles. The van der Waals surface area contributed by atoms with E-state index in [0.29, 0.717) is 11.3 Å². The van der Waals surface area contributed by atoms with E-state index in [1.54, 1.807) is 24.3 Å². The monoisotopic (exact) mass is 338 g/mol. The number of ketones is 2. The Kier molecular flexibility index (Phi) is 6.12. The van der Waals surface area contributed by atoms with Crippen molar-refractivity contribution in [2.45, 2.75) is 6.42 Å². The van der Waals surface area contributed by atoms with Gasteiger partial charge in [-0.2, -0.15) is 0 Å². The van der Waals surface area contributed by atoms with E-state index in [4.69, 9.17) is 4.74 Å². The highest BCUT2D eigenvalue weighted by Gasteiger charge is 2.04. The van der Waals surface area contributed by atoms with Gasteiger partial charge >= 0.3 is 0 Å². The Morgan fingerprint density at radius 2 is 1.48 bits per heavy atom. The molecule has 5 heteroatoms. The number of rotatable bonds is 7. The summed E-state index contributed by atoms with van der Waals surface area (Å²) in [5, 5.41) is 18.7. The van der Waals surface area contributed by atoms with Gasteiger partial charge in [-0.05, 0) is 47.5 Å². The number of allylic oxidation sites excluding steroid dienone is 2. The number of carbonyl (C=O) groups is 2. The number of phenols is 2. The Bertz CT molecular complexity index is 816. The lowest BCUT2D eigenvalue weighted by atomic mass is 10.1. The molecule has 0 fully saturated rings. The van der Waals surface area contributed by atoms with Crippen molar-refractivity contribution in [3.8, 4) is 17.2 Å². The van der Waals surface area contributed by atoms with Gasteiger partial charge in [0.1, 0.15) is 17.2 Å². The van der Waals surface area contributed by atoms with Gasteiger partial charge in [-0.25, -0.2) is 0 Å². The minimum atomic E-state index is -0.345. The second-order valence-corrected chi connectivity index (χ2v) is 5.33. The zero-order valence-electron chi connectivity index (χ0n) is 13.7. The minimum absolute atomic E-state index is 0.0272. The van der Waals surface area contributed by atoms with Crippen molar-refractivity contribution in [1.82, 2.24) is 0 Å². The van der Waals surface area contributed by atoms with Crippen molar-refractivity contribution in [3.05, 3.63) is 65.7 Å². The van der Waals surface area contributed by atoms with Crippen LogP contribution in [0, 0.1) is 0 Å². The van der Waals surface area contributed by atoms with E-state index in [-0.39, 0.29) is 29.5 Å². The number of carbonyl (C=O) groups excluding carboxylic acids is 2. The van der Waals surface area contributed by atoms with Gasteiger partial charge in [0.05, 0.1) is 13.5 Å². The second kappa shape index (κ2) is 8.49. The third-order valence-corrected chi connectivity index (χ3v) is 3.31. The summed E-state index contributed by atoms with van der Waals surface area (Å²) in [6.45, 7) is 0. The van der Waals surface area contributed by atoms with Crippen LogP contribution in [0.3, 0.4) is 0 Å². The van der Waals surface area contributed by atoms with Crippen molar-refractivity contribution < 1.29 is 24.5 Å². The van der Waals surface area contributed by atoms with Crippen molar-refractivity contribution in [2.24, 2.45) is 0 Å².